The first-order valence-electron chi connectivity index (χ1n) is 12.8. The Hall–Kier alpha value is -1.94. The quantitative estimate of drug-likeness (QED) is 0.117. The van der Waals surface area contributed by atoms with E-state index in [1.807, 2.05) is 27.7 Å². The maximum atomic E-state index is 12.9. The highest BCUT2D eigenvalue weighted by atomic mass is 35.5. The van der Waals surface area contributed by atoms with E-state index >= 15 is 0 Å². The van der Waals surface area contributed by atoms with Crippen molar-refractivity contribution in [2.45, 2.75) is 27.7 Å². The molecular formula is C28H24Cl6O8. The van der Waals surface area contributed by atoms with Gasteiger partial charge >= 0.3 is 23.9 Å². The van der Waals surface area contributed by atoms with Gasteiger partial charge in [0.25, 0.3) is 0 Å². The van der Waals surface area contributed by atoms with Gasteiger partial charge in [-0.1, -0.05) is 97.3 Å². The van der Waals surface area contributed by atoms with Crippen molar-refractivity contribution in [3.63, 3.8) is 0 Å². The summed E-state index contributed by atoms with van der Waals surface area (Å²) in [6.45, 7) is 8.25. The molecule has 4 rings (SSSR count). The summed E-state index contributed by atoms with van der Waals surface area (Å²) in [4.78, 5) is 51.6. The van der Waals surface area contributed by atoms with Crippen molar-refractivity contribution in [1.29, 1.82) is 0 Å². The van der Waals surface area contributed by atoms with Gasteiger partial charge in [-0.05, 0) is 47.6 Å². The van der Waals surface area contributed by atoms with Crippen molar-refractivity contribution >= 4 is 93.5 Å². The molecule has 4 atom stereocenters. The second-order valence-corrected chi connectivity index (χ2v) is 12.8. The molecule has 42 heavy (non-hydrogen) atoms. The molecule has 0 saturated heterocycles. The number of esters is 4. The molecule has 4 unspecified atom stereocenters. The van der Waals surface area contributed by atoms with Crippen LogP contribution in [0.4, 0.5) is 0 Å². The van der Waals surface area contributed by atoms with Crippen molar-refractivity contribution in [1.82, 2.24) is 0 Å². The summed E-state index contributed by atoms with van der Waals surface area (Å²) >= 11 is 37.0. The molecule has 0 bridgehead atoms. The molecule has 2 aromatic rings. The van der Waals surface area contributed by atoms with Gasteiger partial charge in [-0.3, -0.25) is 0 Å². The molecule has 226 valence electrons. The second kappa shape index (κ2) is 13.0. The van der Waals surface area contributed by atoms with Crippen LogP contribution in [0.25, 0.3) is 0 Å². The molecule has 0 N–H and O–H groups in total. The van der Waals surface area contributed by atoms with Crippen LogP contribution in [0.3, 0.4) is 0 Å². The van der Waals surface area contributed by atoms with Crippen molar-refractivity contribution < 1.29 is 38.1 Å². The van der Waals surface area contributed by atoms with E-state index in [9.17, 15) is 19.2 Å². The van der Waals surface area contributed by atoms with Crippen LogP contribution in [0.2, 0.25) is 30.1 Å². The van der Waals surface area contributed by atoms with E-state index < -0.39 is 46.5 Å². The van der Waals surface area contributed by atoms with Gasteiger partial charge < -0.3 is 18.9 Å². The van der Waals surface area contributed by atoms with Gasteiger partial charge in [0.05, 0.1) is 43.3 Å². The molecule has 0 aromatic heterocycles. The maximum absolute atomic E-state index is 12.9. The summed E-state index contributed by atoms with van der Waals surface area (Å²) in [7, 11) is 0. The third kappa shape index (κ3) is 6.74. The van der Waals surface area contributed by atoms with Crippen molar-refractivity contribution in [2.75, 3.05) is 13.2 Å². The monoisotopic (exact) mass is 698 g/mol. The predicted octanol–water partition coefficient (Wildman–Crippen LogP) is 8.24. The zero-order chi connectivity index (χ0) is 31.2. The first-order chi connectivity index (χ1) is 19.6. The van der Waals surface area contributed by atoms with Gasteiger partial charge in [-0.2, -0.15) is 0 Å². The summed E-state index contributed by atoms with van der Waals surface area (Å²) in [5.74, 6) is -4.64. The summed E-state index contributed by atoms with van der Waals surface area (Å²) in [5.41, 5.74) is -0.923. The number of hydrogen-bond acceptors (Lipinski definition) is 8. The van der Waals surface area contributed by atoms with Crippen LogP contribution in [0, 0.1) is 35.5 Å². The van der Waals surface area contributed by atoms with Crippen LogP contribution in [-0.2, 0) is 19.1 Å². The lowest BCUT2D eigenvalue weighted by atomic mass is 10.2. The normalized spacial score (nSPS) is 24.0. The van der Waals surface area contributed by atoms with Crippen LogP contribution < -0.4 is 9.47 Å². The van der Waals surface area contributed by atoms with Crippen LogP contribution in [0.15, 0.2) is 12.1 Å². The molecule has 0 heterocycles. The lowest BCUT2D eigenvalue weighted by Crippen LogP contribution is -2.27. The van der Waals surface area contributed by atoms with E-state index in [1.54, 1.807) is 0 Å². The van der Waals surface area contributed by atoms with Gasteiger partial charge in [0.15, 0.2) is 11.5 Å². The average molecular weight is 701 g/mol. The van der Waals surface area contributed by atoms with Crippen LogP contribution in [0.1, 0.15) is 48.4 Å². The Kier molecular flexibility index (Phi) is 10.2. The molecule has 0 radical (unpaired) electrons. The Labute approximate surface area is 271 Å². The summed E-state index contributed by atoms with van der Waals surface area (Å²) in [5, 5.41) is -1.49. The van der Waals surface area contributed by atoms with E-state index in [-0.39, 0.29) is 55.2 Å². The zero-order valence-corrected chi connectivity index (χ0v) is 27.1. The predicted molar refractivity (Wildman–Crippen MR) is 158 cm³/mol. The number of halogens is 6. The lowest BCUT2D eigenvalue weighted by molar-refractivity contribution is -0.156. The van der Waals surface area contributed by atoms with E-state index in [1.165, 1.54) is 0 Å². The van der Waals surface area contributed by atoms with Gasteiger partial charge in [0.2, 0.25) is 0 Å². The third-order valence-corrected chi connectivity index (χ3v) is 10.2. The summed E-state index contributed by atoms with van der Waals surface area (Å²) in [6.07, 6.45) is 0. The van der Waals surface area contributed by atoms with Crippen molar-refractivity contribution in [3.05, 3.63) is 53.4 Å². The number of ether oxygens (including phenoxy) is 4. The first kappa shape index (κ1) is 33.0. The smallest absolute Gasteiger partial charge is 0.423 e. The standard InChI is InChI=1S/C28H24Cl6O8/c1-9-10(2)13(9)7-39-25(35)19-21(33)15(29)5-17(31)23(19)41-27(37)28(38)42-24-18(32)6-16(30)22(34)20(24)26(36)40-8-14-11(3)12(14)4/h5-6,9-14H,7-8H2,1-4H3. The SMILES string of the molecule is CC1C(C)C1COC(=O)c1c(Cl)c(Cl)cc(Cl)c1OC(=O)C(=O)Oc1c(Cl)cc(Cl)c(Cl)c1C(=O)OCC1C(C)C1C. The minimum absolute atomic E-state index is 0.0876. The third-order valence-electron chi connectivity index (χ3n) is 8.11. The van der Waals surface area contributed by atoms with Crippen LogP contribution >= 0.6 is 69.6 Å². The molecule has 2 aliphatic rings. The molecule has 8 nitrogen and oxygen atoms in total. The van der Waals surface area contributed by atoms with Crippen molar-refractivity contribution in [3.8, 4) is 11.5 Å². The van der Waals surface area contributed by atoms with E-state index in [0.29, 0.717) is 23.7 Å². The number of benzene rings is 2. The Morgan fingerprint density at radius 2 is 0.881 bits per heavy atom. The molecule has 2 aliphatic carbocycles. The molecule has 2 fully saturated rings. The van der Waals surface area contributed by atoms with Gasteiger partial charge in [-0.15, -0.1) is 0 Å². The van der Waals surface area contributed by atoms with Crippen molar-refractivity contribution in [2.24, 2.45) is 35.5 Å². The Bertz CT molecular complexity index is 1350. The van der Waals surface area contributed by atoms with E-state index in [2.05, 4.69) is 0 Å². The molecule has 0 amide bonds. The van der Waals surface area contributed by atoms with Gasteiger partial charge in [-0.25, -0.2) is 19.2 Å². The van der Waals surface area contributed by atoms with Crippen LogP contribution in [0.5, 0.6) is 11.5 Å². The maximum Gasteiger partial charge on any atom is 0.423 e. The molecule has 0 spiro atoms. The highest BCUT2D eigenvalue weighted by Gasteiger charge is 2.44. The fourth-order valence-electron chi connectivity index (χ4n) is 4.62. The summed E-state index contributed by atoms with van der Waals surface area (Å²) in [6, 6.07) is 2.24. The van der Waals surface area contributed by atoms with Gasteiger partial charge in [0, 0.05) is 0 Å². The molecule has 2 saturated carbocycles. The first-order valence-corrected chi connectivity index (χ1v) is 15.1. The number of hydrogen-bond donors (Lipinski definition) is 0. The topological polar surface area (TPSA) is 105 Å². The van der Waals surface area contributed by atoms with E-state index in [4.69, 9.17) is 88.6 Å². The Morgan fingerprint density at radius 1 is 0.571 bits per heavy atom. The molecule has 0 aliphatic heterocycles. The average Bonchev–Trinajstić information content (AvgIpc) is 3.73. The largest absolute Gasteiger partial charge is 0.462 e. The molecule has 2 aromatic carbocycles. The fraction of sp³-hybridized carbons (Fsp3) is 0.429. The Morgan fingerprint density at radius 3 is 1.17 bits per heavy atom. The zero-order valence-electron chi connectivity index (χ0n) is 22.6. The second-order valence-electron chi connectivity index (χ2n) is 10.5. The molecular weight excluding hydrogens is 677 g/mol. The highest BCUT2D eigenvalue weighted by Crippen LogP contribution is 2.47. The minimum Gasteiger partial charge on any atom is -0.462 e. The minimum atomic E-state index is -1.64. The number of rotatable bonds is 8. The fourth-order valence-corrected chi connectivity index (χ4v) is 6.05. The van der Waals surface area contributed by atoms with Gasteiger partial charge in [0.1, 0.15) is 11.1 Å². The lowest BCUT2D eigenvalue weighted by Gasteiger charge is -2.15. The summed E-state index contributed by atoms with van der Waals surface area (Å²) < 4.78 is 21.0. The van der Waals surface area contributed by atoms with Crippen LogP contribution in [-0.4, -0.2) is 37.1 Å². The number of carbonyl (C=O) groups is 4. The Balaban J connectivity index is 1.55. The molecule has 14 heteroatoms. The van der Waals surface area contributed by atoms with E-state index in [0.717, 1.165) is 12.1 Å². The highest BCUT2D eigenvalue weighted by molar-refractivity contribution is 6.47. The number of carbonyl (C=O) groups excluding carboxylic acids is 4.